The Hall–Kier alpha value is -4.38. The first-order valence-electron chi connectivity index (χ1n) is 16.0. The van der Waals surface area contributed by atoms with Gasteiger partial charge in [-0.25, -0.2) is 14.1 Å². The number of aromatic nitrogens is 5. The summed E-state index contributed by atoms with van der Waals surface area (Å²) in [6.07, 6.45) is 8.68. The predicted octanol–water partition coefficient (Wildman–Crippen LogP) is 7.98. The highest BCUT2D eigenvalue weighted by molar-refractivity contribution is 7.98. The molecule has 10 heteroatoms. The van der Waals surface area contributed by atoms with Crippen molar-refractivity contribution >= 4 is 33.4 Å². The Bertz CT molecular complexity index is 2160. The fourth-order valence-corrected chi connectivity index (χ4v) is 7.55. The van der Waals surface area contributed by atoms with E-state index in [9.17, 15) is 5.11 Å². The van der Waals surface area contributed by atoms with Crippen LogP contribution >= 0.6 is 11.8 Å². The van der Waals surface area contributed by atoms with Crippen LogP contribution in [0.2, 0.25) is 0 Å². The zero-order valence-electron chi connectivity index (χ0n) is 26.5. The Morgan fingerprint density at radius 1 is 1.11 bits per heavy atom. The number of thioether (sulfide) groups is 1. The van der Waals surface area contributed by atoms with E-state index >= 15 is 4.39 Å². The smallest absolute Gasteiger partial charge is 0.226 e. The number of hydrogen-bond acceptors (Lipinski definition) is 8. The van der Waals surface area contributed by atoms with E-state index in [1.165, 1.54) is 17.8 Å². The molecule has 1 fully saturated rings. The molecule has 1 aliphatic heterocycles. The van der Waals surface area contributed by atoms with E-state index in [0.29, 0.717) is 58.7 Å². The Morgan fingerprint density at radius 2 is 1.96 bits per heavy atom. The first kappa shape index (κ1) is 30.0. The lowest BCUT2D eigenvalue weighted by atomic mass is 9.87. The van der Waals surface area contributed by atoms with E-state index in [4.69, 9.17) is 29.5 Å². The van der Waals surface area contributed by atoms with Crippen LogP contribution in [0.3, 0.4) is 0 Å². The van der Waals surface area contributed by atoms with Crippen LogP contribution in [0, 0.1) is 5.82 Å². The second-order valence-electron chi connectivity index (χ2n) is 12.2. The summed E-state index contributed by atoms with van der Waals surface area (Å²) in [5.74, 6) is 0.114. The van der Waals surface area contributed by atoms with Gasteiger partial charge in [0, 0.05) is 29.3 Å². The molecule has 4 heterocycles. The van der Waals surface area contributed by atoms with E-state index in [2.05, 4.69) is 6.07 Å². The molecule has 0 bridgehead atoms. The van der Waals surface area contributed by atoms with Crippen molar-refractivity contribution in [2.24, 2.45) is 0 Å². The summed E-state index contributed by atoms with van der Waals surface area (Å²) in [6.45, 7) is 4.68. The molecule has 3 aromatic heterocycles. The van der Waals surface area contributed by atoms with Gasteiger partial charge < -0.3 is 14.6 Å². The highest BCUT2D eigenvalue weighted by Crippen LogP contribution is 2.54. The van der Waals surface area contributed by atoms with Crippen LogP contribution in [0.15, 0.2) is 72.1 Å². The quantitative estimate of drug-likeness (QED) is 0.138. The minimum absolute atomic E-state index is 0.191. The molecule has 1 N–H and O–H groups in total. The number of aryl methyl sites for hydroxylation is 1. The minimum atomic E-state index is -1.55. The lowest BCUT2D eigenvalue weighted by Gasteiger charge is -2.25. The molecule has 2 aliphatic rings. The maximum absolute atomic E-state index is 15.6. The van der Waals surface area contributed by atoms with Crippen molar-refractivity contribution in [2.45, 2.75) is 63.1 Å². The van der Waals surface area contributed by atoms with Gasteiger partial charge in [-0.15, -0.1) is 0 Å². The molecule has 0 saturated carbocycles. The minimum Gasteiger partial charge on any atom is -0.472 e. The SMILES string of the molecule is CCc1c(F)ccc2cc3c(cnn3C3CCCCO3)c(-c3nccc4c3C(C)(O)c3nc(SC)nc(OCc5ccccc5)c3-4)c12. The topological polar surface area (TPSA) is 95.2 Å². The lowest BCUT2D eigenvalue weighted by molar-refractivity contribution is -0.0366. The van der Waals surface area contributed by atoms with Gasteiger partial charge in [-0.2, -0.15) is 10.1 Å². The van der Waals surface area contributed by atoms with E-state index in [0.717, 1.165) is 57.6 Å². The van der Waals surface area contributed by atoms with Crippen molar-refractivity contribution < 1.29 is 19.0 Å². The number of pyridine rings is 1. The zero-order valence-corrected chi connectivity index (χ0v) is 27.3. The maximum atomic E-state index is 15.6. The largest absolute Gasteiger partial charge is 0.472 e. The van der Waals surface area contributed by atoms with E-state index < -0.39 is 5.60 Å². The van der Waals surface area contributed by atoms with Crippen molar-refractivity contribution in [3.63, 3.8) is 0 Å². The van der Waals surface area contributed by atoms with Crippen LogP contribution in [0.1, 0.15) is 61.7 Å². The molecule has 238 valence electrons. The average molecular weight is 648 g/mol. The standard InChI is InChI=1S/C37H34FN5O3S/c1-4-23-26(38)14-13-22-18-27-25(19-40-43(27)28-12-8-9-17-45-28)30(29(22)23)33-32-24(15-16-39-33)31-34(37(32,2)44)41-36(47-3)42-35(31)46-20-21-10-6-5-7-11-21/h5-7,10-11,13-16,18-19,28,44H,4,8-9,12,17,20H2,1-3H3. The van der Waals surface area contributed by atoms with Crippen LogP contribution in [-0.4, -0.2) is 42.7 Å². The fourth-order valence-electron chi connectivity index (χ4n) is 7.19. The van der Waals surface area contributed by atoms with Crippen LogP contribution in [0.5, 0.6) is 5.88 Å². The van der Waals surface area contributed by atoms with E-state index in [1.54, 1.807) is 13.1 Å². The highest BCUT2D eigenvalue weighted by atomic mass is 32.2. The number of fused-ring (bicyclic) bond motifs is 5. The summed E-state index contributed by atoms with van der Waals surface area (Å²) in [7, 11) is 0. The maximum Gasteiger partial charge on any atom is 0.226 e. The number of hydrogen-bond donors (Lipinski definition) is 1. The van der Waals surface area contributed by atoms with Crippen LogP contribution < -0.4 is 4.74 Å². The Balaban J connectivity index is 1.40. The van der Waals surface area contributed by atoms with Gasteiger partial charge in [0.1, 0.15) is 18.0 Å². The second-order valence-corrected chi connectivity index (χ2v) is 13.0. The van der Waals surface area contributed by atoms with Gasteiger partial charge in [0.15, 0.2) is 11.4 Å². The Kier molecular flexibility index (Phi) is 7.46. The molecule has 0 radical (unpaired) electrons. The van der Waals surface area contributed by atoms with Crippen LogP contribution in [0.25, 0.3) is 44.1 Å². The molecule has 2 atom stereocenters. The van der Waals surface area contributed by atoms with Crippen LogP contribution in [-0.2, 0) is 23.4 Å². The number of rotatable bonds is 7. The Morgan fingerprint density at radius 3 is 2.72 bits per heavy atom. The molecule has 8 rings (SSSR count). The number of nitrogens with zero attached hydrogens (tertiary/aromatic N) is 5. The first-order valence-corrected chi connectivity index (χ1v) is 17.2. The zero-order chi connectivity index (χ0) is 32.3. The molecular formula is C37H34FN5O3S. The summed E-state index contributed by atoms with van der Waals surface area (Å²) in [5, 5.41) is 20.3. The van der Waals surface area contributed by atoms with Crippen molar-refractivity contribution in [1.29, 1.82) is 0 Å². The number of aliphatic hydroxyl groups is 1. The average Bonchev–Trinajstić information content (AvgIpc) is 3.63. The third kappa shape index (κ3) is 4.80. The van der Waals surface area contributed by atoms with Gasteiger partial charge >= 0.3 is 0 Å². The second kappa shape index (κ2) is 11.7. The molecule has 8 nitrogen and oxygen atoms in total. The van der Waals surface area contributed by atoms with Gasteiger partial charge in [0.05, 0.1) is 28.7 Å². The van der Waals surface area contributed by atoms with Gasteiger partial charge in [0.25, 0.3) is 0 Å². The summed E-state index contributed by atoms with van der Waals surface area (Å²) in [4.78, 5) is 14.5. The van der Waals surface area contributed by atoms with Gasteiger partial charge in [-0.1, -0.05) is 55.1 Å². The summed E-state index contributed by atoms with van der Waals surface area (Å²) >= 11 is 1.38. The molecule has 47 heavy (non-hydrogen) atoms. The molecule has 0 amide bonds. The summed E-state index contributed by atoms with van der Waals surface area (Å²) in [6, 6.07) is 17.2. The molecular weight excluding hydrogens is 614 g/mol. The monoisotopic (exact) mass is 647 g/mol. The van der Waals surface area contributed by atoms with E-state index in [1.807, 2.05) is 66.5 Å². The number of ether oxygens (including phenoxy) is 2. The highest BCUT2D eigenvalue weighted by Gasteiger charge is 2.45. The van der Waals surface area contributed by atoms with Crippen molar-refractivity contribution in [1.82, 2.24) is 24.7 Å². The van der Waals surface area contributed by atoms with Crippen molar-refractivity contribution in [3.8, 4) is 28.3 Å². The van der Waals surface area contributed by atoms with E-state index in [-0.39, 0.29) is 12.0 Å². The third-order valence-corrected chi connectivity index (χ3v) is 9.92. The molecule has 1 aliphatic carbocycles. The van der Waals surface area contributed by atoms with Crippen molar-refractivity contribution in [2.75, 3.05) is 12.9 Å². The first-order chi connectivity index (χ1) is 22.9. The molecule has 3 aromatic carbocycles. The van der Waals surface area contributed by atoms with Gasteiger partial charge in [-0.3, -0.25) is 4.98 Å². The number of benzene rings is 3. The lowest BCUT2D eigenvalue weighted by Crippen LogP contribution is -2.23. The van der Waals surface area contributed by atoms with Crippen LogP contribution in [0.4, 0.5) is 4.39 Å². The van der Waals surface area contributed by atoms with Crippen molar-refractivity contribution in [3.05, 3.63) is 95.2 Å². The predicted molar refractivity (Wildman–Crippen MR) is 181 cm³/mol. The third-order valence-electron chi connectivity index (χ3n) is 9.38. The normalized spacial score (nSPS) is 18.9. The van der Waals surface area contributed by atoms with Gasteiger partial charge in [-0.05, 0) is 84.5 Å². The summed E-state index contributed by atoms with van der Waals surface area (Å²) in [5.41, 5.74) is 4.57. The summed E-state index contributed by atoms with van der Waals surface area (Å²) < 4.78 is 30.0. The molecule has 1 saturated heterocycles. The molecule has 2 unspecified atom stereocenters. The number of halogens is 1. The van der Waals surface area contributed by atoms with Gasteiger partial charge in [0.2, 0.25) is 5.88 Å². The molecule has 6 aromatic rings. The fraction of sp³-hybridized carbons (Fsp3) is 0.297. The Labute approximate surface area is 276 Å². The molecule has 0 spiro atoms.